The van der Waals surface area contributed by atoms with Crippen LogP contribution in [0.5, 0.6) is 0 Å². The summed E-state index contributed by atoms with van der Waals surface area (Å²) in [7, 11) is 0. The highest BCUT2D eigenvalue weighted by atomic mass is 79.9. The van der Waals surface area contributed by atoms with Crippen molar-refractivity contribution in [3.63, 3.8) is 0 Å². The largest absolute Gasteiger partial charge is 0.311 e. The van der Waals surface area contributed by atoms with Gasteiger partial charge in [0.05, 0.1) is 19.2 Å². The number of hydrogen-bond donors (Lipinski definition) is 1. The lowest BCUT2D eigenvalue weighted by Crippen LogP contribution is -2.18. The lowest BCUT2D eigenvalue weighted by molar-refractivity contribution is -0.115. The average molecular weight is 398 g/mol. The fourth-order valence-electron chi connectivity index (χ4n) is 2.68. The highest BCUT2D eigenvalue weighted by Crippen LogP contribution is 2.15. The molecule has 0 bridgehead atoms. The van der Waals surface area contributed by atoms with Crippen molar-refractivity contribution < 1.29 is 4.79 Å². The first-order valence-corrected chi connectivity index (χ1v) is 8.93. The van der Waals surface area contributed by atoms with Gasteiger partial charge in [0.1, 0.15) is 5.82 Å². The van der Waals surface area contributed by atoms with Crippen LogP contribution in [0.1, 0.15) is 22.3 Å². The monoisotopic (exact) mass is 397 g/mol. The van der Waals surface area contributed by atoms with Crippen LogP contribution in [-0.2, 0) is 17.8 Å². The van der Waals surface area contributed by atoms with E-state index >= 15 is 0 Å². The van der Waals surface area contributed by atoms with Gasteiger partial charge < -0.3 is 5.32 Å². The first-order valence-electron chi connectivity index (χ1n) is 8.13. The molecule has 1 aromatic heterocycles. The number of nitrogens with one attached hydrogen (secondary N) is 1. The van der Waals surface area contributed by atoms with Crippen molar-refractivity contribution in [1.82, 2.24) is 9.78 Å². The van der Waals surface area contributed by atoms with Gasteiger partial charge in [-0.1, -0.05) is 51.8 Å². The highest BCUT2D eigenvalue weighted by Gasteiger charge is 2.10. The third-order valence-electron chi connectivity index (χ3n) is 4.09. The van der Waals surface area contributed by atoms with Crippen molar-refractivity contribution in [2.45, 2.75) is 26.8 Å². The van der Waals surface area contributed by atoms with Crippen molar-refractivity contribution in [2.75, 3.05) is 5.32 Å². The van der Waals surface area contributed by atoms with E-state index in [4.69, 9.17) is 0 Å². The maximum absolute atomic E-state index is 12.4. The van der Waals surface area contributed by atoms with Crippen LogP contribution in [0, 0.1) is 13.8 Å². The summed E-state index contributed by atoms with van der Waals surface area (Å²) < 4.78 is 2.84. The minimum absolute atomic E-state index is 0.0359. The van der Waals surface area contributed by atoms with Crippen molar-refractivity contribution in [3.05, 3.63) is 81.5 Å². The molecule has 0 aliphatic heterocycles. The maximum atomic E-state index is 12.4. The molecule has 0 saturated heterocycles. The van der Waals surface area contributed by atoms with Crippen LogP contribution in [0.4, 0.5) is 5.82 Å². The van der Waals surface area contributed by atoms with Crippen LogP contribution < -0.4 is 5.32 Å². The molecule has 1 amide bonds. The van der Waals surface area contributed by atoms with E-state index in [0.717, 1.165) is 26.7 Å². The molecular formula is C20H20BrN3O. The number of halogens is 1. The Labute approximate surface area is 156 Å². The fraction of sp³-hybridized carbons (Fsp3) is 0.200. The number of aryl methyl sites for hydroxylation is 2. The average Bonchev–Trinajstić information content (AvgIpc) is 3.00. The summed E-state index contributed by atoms with van der Waals surface area (Å²) in [5, 5.41) is 7.29. The smallest absolute Gasteiger partial charge is 0.229 e. The topological polar surface area (TPSA) is 46.9 Å². The molecule has 0 unspecified atom stereocenters. The lowest BCUT2D eigenvalue weighted by Gasteiger charge is -2.11. The summed E-state index contributed by atoms with van der Waals surface area (Å²) in [6.45, 7) is 4.67. The summed E-state index contributed by atoms with van der Waals surface area (Å²) in [4.78, 5) is 12.4. The second-order valence-corrected chi connectivity index (χ2v) is 7.07. The van der Waals surface area contributed by atoms with E-state index in [1.54, 1.807) is 10.9 Å². The number of rotatable bonds is 5. The van der Waals surface area contributed by atoms with Crippen LogP contribution in [-0.4, -0.2) is 15.7 Å². The summed E-state index contributed by atoms with van der Waals surface area (Å²) in [5.74, 6) is 0.671. The van der Waals surface area contributed by atoms with Gasteiger partial charge in [0, 0.05) is 10.5 Å². The molecule has 0 radical (unpaired) electrons. The van der Waals surface area contributed by atoms with Crippen LogP contribution >= 0.6 is 15.9 Å². The first-order chi connectivity index (χ1) is 12.0. The number of carbonyl (C=O) groups excluding carboxylic acids is 1. The summed E-state index contributed by atoms with van der Waals surface area (Å²) in [6.07, 6.45) is 2.06. The van der Waals surface area contributed by atoms with Crippen LogP contribution in [0.25, 0.3) is 0 Å². The molecule has 1 N–H and O–H groups in total. The van der Waals surface area contributed by atoms with Gasteiger partial charge in [0.25, 0.3) is 0 Å². The van der Waals surface area contributed by atoms with Gasteiger partial charge in [-0.2, -0.15) is 5.10 Å². The van der Waals surface area contributed by atoms with E-state index in [1.165, 1.54) is 0 Å². The molecule has 0 aliphatic rings. The lowest BCUT2D eigenvalue weighted by atomic mass is 10.0. The molecule has 0 spiro atoms. The van der Waals surface area contributed by atoms with Crippen molar-refractivity contribution in [1.29, 1.82) is 0 Å². The zero-order chi connectivity index (χ0) is 17.8. The Bertz CT molecular complexity index is 884. The molecule has 1 heterocycles. The molecule has 2 aromatic carbocycles. The zero-order valence-corrected chi connectivity index (χ0v) is 15.9. The Morgan fingerprint density at radius 2 is 1.88 bits per heavy atom. The molecule has 3 aromatic rings. The van der Waals surface area contributed by atoms with Crippen LogP contribution in [0.15, 0.2) is 59.2 Å². The second kappa shape index (κ2) is 7.66. The minimum Gasteiger partial charge on any atom is -0.311 e. The number of benzene rings is 2. The Hall–Kier alpha value is -2.40. The second-order valence-electron chi connectivity index (χ2n) is 6.16. The van der Waals surface area contributed by atoms with Gasteiger partial charge in [-0.25, -0.2) is 4.68 Å². The van der Waals surface area contributed by atoms with E-state index in [9.17, 15) is 4.79 Å². The molecule has 0 fully saturated rings. The van der Waals surface area contributed by atoms with E-state index < -0.39 is 0 Å². The Morgan fingerprint density at radius 1 is 1.12 bits per heavy atom. The van der Waals surface area contributed by atoms with Crippen molar-refractivity contribution in [3.8, 4) is 0 Å². The molecule has 0 aliphatic carbocycles. The number of hydrogen-bond acceptors (Lipinski definition) is 2. The molecule has 0 atom stereocenters. The molecule has 3 rings (SSSR count). The minimum atomic E-state index is -0.0359. The maximum Gasteiger partial charge on any atom is 0.229 e. The van der Waals surface area contributed by atoms with Gasteiger partial charge >= 0.3 is 0 Å². The molecule has 5 heteroatoms. The van der Waals surface area contributed by atoms with Crippen LogP contribution in [0.2, 0.25) is 0 Å². The van der Waals surface area contributed by atoms with E-state index in [0.29, 0.717) is 18.8 Å². The fourth-order valence-corrected chi connectivity index (χ4v) is 2.94. The number of amides is 1. The third-order valence-corrected chi connectivity index (χ3v) is 4.61. The first kappa shape index (κ1) is 17.4. The van der Waals surface area contributed by atoms with Crippen molar-refractivity contribution >= 4 is 27.7 Å². The van der Waals surface area contributed by atoms with E-state index in [1.807, 2.05) is 44.2 Å². The Morgan fingerprint density at radius 3 is 2.64 bits per heavy atom. The Kier molecular flexibility index (Phi) is 5.34. The highest BCUT2D eigenvalue weighted by molar-refractivity contribution is 9.10. The normalized spacial score (nSPS) is 10.7. The van der Waals surface area contributed by atoms with Gasteiger partial charge in [-0.15, -0.1) is 0 Å². The summed E-state index contributed by atoms with van der Waals surface area (Å²) in [5.41, 5.74) is 4.46. The van der Waals surface area contributed by atoms with Gasteiger partial charge in [-0.05, 0) is 42.7 Å². The van der Waals surface area contributed by atoms with Gasteiger partial charge in [0.2, 0.25) is 5.91 Å². The number of carbonyl (C=O) groups is 1. The number of aromatic nitrogens is 2. The summed E-state index contributed by atoms with van der Waals surface area (Å²) >= 11 is 3.43. The third kappa shape index (κ3) is 4.57. The van der Waals surface area contributed by atoms with E-state index in [-0.39, 0.29) is 5.91 Å². The molecular weight excluding hydrogens is 378 g/mol. The van der Waals surface area contributed by atoms with Gasteiger partial charge in [0.15, 0.2) is 0 Å². The summed E-state index contributed by atoms with van der Waals surface area (Å²) in [6, 6.07) is 16.1. The SMILES string of the molecule is Cc1ccc(C)c(CC(=O)Nc2ccnn2Cc2ccc(Br)cc2)c1. The van der Waals surface area contributed by atoms with Crippen molar-refractivity contribution in [2.24, 2.45) is 0 Å². The quantitative estimate of drug-likeness (QED) is 0.688. The zero-order valence-electron chi connectivity index (χ0n) is 14.3. The van der Waals surface area contributed by atoms with Gasteiger partial charge in [-0.3, -0.25) is 4.79 Å². The number of nitrogens with zero attached hydrogens (tertiary/aromatic N) is 2. The molecule has 0 saturated carbocycles. The van der Waals surface area contributed by atoms with E-state index in [2.05, 4.69) is 44.5 Å². The standard InChI is InChI=1S/C20H20BrN3O/c1-14-3-4-15(2)17(11-14)12-20(25)23-19-9-10-22-24(19)13-16-5-7-18(21)8-6-16/h3-11H,12-13H2,1-2H3,(H,23,25). The molecule has 128 valence electrons. The Balaban J connectivity index is 1.69. The van der Waals surface area contributed by atoms with Crippen LogP contribution in [0.3, 0.4) is 0 Å². The molecule has 25 heavy (non-hydrogen) atoms. The molecule has 4 nitrogen and oxygen atoms in total. The number of anilines is 1. The predicted octanol–water partition coefficient (Wildman–Crippen LogP) is 4.49. The predicted molar refractivity (Wildman–Crippen MR) is 104 cm³/mol.